The Morgan fingerprint density at radius 1 is 1.19 bits per heavy atom. The standard InChI is InChI=1S/C24H33N5O8/c1-5-36-19(32)10-12-27-21(33)20(15-8-6-7-9-17(15)30)29(13-11-25)22(34)16(14-18(26)31)28-23(35)37-24(2,3)4/h6-9,16,20,30H,5,10,12-14H2,1-4H3,(H2,26,31)(H,27,33)(H,28,35). The summed E-state index contributed by atoms with van der Waals surface area (Å²) in [6.07, 6.45) is -1.84. The second kappa shape index (κ2) is 14.3. The Morgan fingerprint density at radius 2 is 1.84 bits per heavy atom. The predicted molar refractivity (Wildman–Crippen MR) is 129 cm³/mol. The smallest absolute Gasteiger partial charge is 0.408 e. The lowest BCUT2D eigenvalue weighted by Crippen LogP contribution is -2.54. The van der Waals surface area contributed by atoms with Crippen LogP contribution in [0.1, 0.15) is 52.1 Å². The number of primary amides is 1. The van der Waals surface area contributed by atoms with Gasteiger partial charge in [0.2, 0.25) is 17.7 Å². The highest BCUT2D eigenvalue weighted by atomic mass is 16.6. The van der Waals surface area contributed by atoms with Crippen LogP contribution in [-0.2, 0) is 28.7 Å². The Morgan fingerprint density at radius 3 is 2.38 bits per heavy atom. The highest BCUT2D eigenvalue weighted by molar-refractivity contribution is 5.95. The van der Waals surface area contributed by atoms with E-state index in [4.69, 9.17) is 15.2 Å². The molecule has 4 amide bonds. The molecule has 1 aromatic carbocycles. The van der Waals surface area contributed by atoms with Crippen molar-refractivity contribution in [2.24, 2.45) is 5.73 Å². The molecule has 0 fully saturated rings. The third-order valence-corrected chi connectivity index (χ3v) is 4.64. The topological polar surface area (TPSA) is 201 Å². The van der Waals surface area contributed by atoms with Crippen molar-refractivity contribution in [3.63, 3.8) is 0 Å². The van der Waals surface area contributed by atoms with Crippen LogP contribution in [0.2, 0.25) is 0 Å². The maximum Gasteiger partial charge on any atom is 0.408 e. The zero-order chi connectivity index (χ0) is 28.2. The van der Waals surface area contributed by atoms with Gasteiger partial charge in [-0.1, -0.05) is 18.2 Å². The van der Waals surface area contributed by atoms with Crippen molar-refractivity contribution in [1.82, 2.24) is 15.5 Å². The monoisotopic (exact) mass is 519 g/mol. The normalized spacial score (nSPS) is 12.3. The first-order valence-electron chi connectivity index (χ1n) is 11.5. The van der Waals surface area contributed by atoms with Crippen LogP contribution < -0.4 is 16.4 Å². The fraction of sp³-hybridized carbons (Fsp3) is 0.500. The first-order valence-corrected chi connectivity index (χ1v) is 11.5. The van der Waals surface area contributed by atoms with Crippen molar-refractivity contribution in [3.05, 3.63) is 29.8 Å². The van der Waals surface area contributed by atoms with Gasteiger partial charge in [-0.2, -0.15) is 5.26 Å². The molecule has 0 saturated carbocycles. The van der Waals surface area contributed by atoms with Gasteiger partial charge in [-0.05, 0) is 33.8 Å². The molecule has 0 aliphatic carbocycles. The molecular weight excluding hydrogens is 486 g/mol. The van der Waals surface area contributed by atoms with Crippen molar-refractivity contribution in [2.45, 2.75) is 58.2 Å². The number of alkyl carbamates (subject to hydrolysis) is 1. The SMILES string of the molecule is CCOC(=O)CCNC(=O)C(c1ccccc1O)N(CC#N)C(=O)C(CC(N)=O)NC(=O)OC(C)(C)C. The second-order valence-corrected chi connectivity index (χ2v) is 8.80. The van der Waals surface area contributed by atoms with Crippen LogP contribution in [0.5, 0.6) is 5.75 Å². The minimum atomic E-state index is -1.58. The van der Waals surface area contributed by atoms with E-state index in [9.17, 15) is 34.3 Å². The van der Waals surface area contributed by atoms with Gasteiger partial charge in [0, 0.05) is 12.1 Å². The lowest BCUT2D eigenvalue weighted by molar-refractivity contribution is -0.144. The van der Waals surface area contributed by atoms with E-state index in [1.807, 2.05) is 0 Å². The van der Waals surface area contributed by atoms with E-state index in [2.05, 4.69) is 10.6 Å². The number of aromatic hydroxyl groups is 1. The van der Waals surface area contributed by atoms with Crippen molar-refractivity contribution in [1.29, 1.82) is 5.26 Å². The summed E-state index contributed by atoms with van der Waals surface area (Å²) in [7, 11) is 0. The van der Waals surface area contributed by atoms with Gasteiger partial charge in [0.05, 0.1) is 25.5 Å². The molecule has 0 aliphatic rings. The molecule has 0 bridgehead atoms. The number of ether oxygens (including phenoxy) is 2. The predicted octanol–water partition coefficient (Wildman–Crippen LogP) is 0.624. The summed E-state index contributed by atoms with van der Waals surface area (Å²) in [6.45, 7) is 5.75. The number of carbonyl (C=O) groups excluding carboxylic acids is 5. The molecule has 13 heteroatoms. The number of para-hydroxylation sites is 1. The summed E-state index contributed by atoms with van der Waals surface area (Å²) in [6, 6.07) is 4.27. The molecule has 0 heterocycles. The minimum Gasteiger partial charge on any atom is -0.508 e. The number of hydrogen-bond donors (Lipinski definition) is 4. The number of amides is 4. The number of nitriles is 1. The number of esters is 1. The van der Waals surface area contributed by atoms with Gasteiger partial charge in [-0.15, -0.1) is 0 Å². The largest absolute Gasteiger partial charge is 0.508 e. The first kappa shape index (κ1) is 30.7. The highest BCUT2D eigenvalue weighted by Gasteiger charge is 2.38. The van der Waals surface area contributed by atoms with E-state index in [0.29, 0.717) is 0 Å². The Kier molecular flexibility index (Phi) is 11.8. The maximum absolute atomic E-state index is 13.5. The van der Waals surface area contributed by atoms with Crippen LogP contribution in [0, 0.1) is 11.3 Å². The van der Waals surface area contributed by atoms with Gasteiger partial charge in [0.1, 0.15) is 30.0 Å². The number of hydrogen-bond acceptors (Lipinski definition) is 9. The van der Waals surface area contributed by atoms with Crippen molar-refractivity contribution < 1.29 is 38.6 Å². The van der Waals surface area contributed by atoms with Gasteiger partial charge in [0.25, 0.3) is 0 Å². The number of phenols is 1. The van der Waals surface area contributed by atoms with Crippen molar-refractivity contribution in [2.75, 3.05) is 19.7 Å². The number of rotatable bonds is 12. The van der Waals surface area contributed by atoms with E-state index in [1.165, 1.54) is 24.3 Å². The average Bonchev–Trinajstić information content (AvgIpc) is 2.77. The molecule has 37 heavy (non-hydrogen) atoms. The van der Waals surface area contributed by atoms with Gasteiger partial charge in [-0.25, -0.2) is 4.79 Å². The van der Waals surface area contributed by atoms with E-state index in [-0.39, 0.29) is 30.9 Å². The summed E-state index contributed by atoms with van der Waals surface area (Å²) in [4.78, 5) is 63.2. The van der Waals surface area contributed by atoms with E-state index >= 15 is 0 Å². The Bertz CT molecular complexity index is 1030. The number of nitrogens with two attached hydrogens (primary N) is 1. The Labute approximate surface area is 214 Å². The molecule has 1 rings (SSSR count). The highest BCUT2D eigenvalue weighted by Crippen LogP contribution is 2.29. The van der Waals surface area contributed by atoms with E-state index in [0.717, 1.165) is 4.90 Å². The summed E-state index contributed by atoms with van der Waals surface area (Å²) in [5.74, 6) is -3.68. The molecule has 0 spiro atoms. The zero-order valence-electron chi connectivity index (χ0n) is 21.3. The molecule has 5 N–H and O–H groups in total. The quantitative estimate of drug-likeness (QED) is 0.226. The maximum atomic E-state index is 13.5. The summed E-state index contributed by atoms with van der Waals surface area (Å²) < 4.78 is 9.96. The molecule has 0 saturated heterocycles. The minimum absolute atomic E-state index is 0.0326. The van der Waals surface area contributed by atoms with Gasteiger partial charge >= 0.3 is 12.1 Å². The Hall–Kier alpha value is -4.34. The third kappa shape index (κ3) is 10.4. The first-order chi connectivity index (χ1) is 17.3. The number of benzene rings is 1. The summed E-state index contributed by atoms with van der Waals surface area (Å²) in [5, 5.41) is 24.6. The molecule has 1 aromatic rings. The van der Waals surface area contributed by atoms with Crippen LogP contribution in [0.25, 0.3) is 0 Å². The van der Waals surface area contributed by atoms with E-state index in [1.54, 1.807) is 33.8 Å². The molecular formula is C24H33N5O8. The fourth-order valence-electron chi connectivity index (χ4n) is 3.21. The molecule has 0 aromatic heterocycles. The van der Waals surface area contributed by atoms with Crippen LogP contribution in [0.4, 0.5) is 4.79 Å². The number of carbonyl (C=O) groups is 5. The fourth-order valence-corrected chi connectivity index (χ4v) is 3.21. The molecule has 0 aliphatic heterocycles. The number of nitrogens with one attached hydrogen (secondary N) is 2. The average molecular weight is 520 g/mol. The molecule has 13 nitrogen and oxygen atoms in total. The lowest BCUT2D eigenvalue weighted by atomic mass is 10.0. The van der Waals surface area contributed by atoms with Crippen LogP contribution in [-0.4, -0.2) is 71.1 Å². The summed E-state index contributed by atoms with van der Waals surface area (Å²) >= 11 is 0. The lowest BCUT2D eigenvalue weighted by Gasteiger charge is -2.32. The van der Waals surface area contributed by atoms with Crippen LogP contribution >= 0.6 is 0 Å². The third-order valence-electron chi connectivity index (χ3n) is 4.64. The second-order valence-electron chi connectivity index (χ2n) is 8.80. The number of nitrogens with zero attached hydrogens (tertiary/aromatic N) is 2. The van der Waals surface area contributed by atoms with Gasteiger partial charge < -0.3 is 35.8 Å². The molecule has 2 unspecified atom stereocenters. The van der Waals surface area contributed by atoms with Crippen LogP contribution in [0.3, 0.4) is 0 Å². The van der Waals surface area contributed by atoms with Crippen LogP contribution in [0.15, 0.2) is 24.3 Å². The van der Waals surface area contributed by atoms with Crippen molar-refractivity contribution >= 4 is 29.8 Å². The zero-order valence-corrected chi connectivity index (χ0v) is 21.3. The van der Waals surface area contributed by atoms with Gasteiger partial charge in [0.15, 0.2) is 0 Å². The van der Waals surface area contributed by atoms with Gasteiger partial charge in [-0.3, -0.25) is 19.2 Å². The Balaban J connectivity index is 3.38. The molecule has 0 radical (unpaired) electrons. The van der Waals surface area contributed by atoms with E-state index < -0.39 is 60.4 Å². The molecule has 2 atom stereocenters. The molecule has 202 valence electrons. The summed E-state index contributed by atoms with van der Waals surface area (Å²) in [5.41, 5.74) is 4.31. The van der Waals surface area contributed by atoms with Crippen molar-refractivity contribution in [3.8, 4) is 11.8 Å². The number of phenolic OH excluding ortho intramolecular Hbond substituents is 1.